The molecule has 1 aromatic rings. The number of carbonyl (C=O) groups excluding carboxylic acids is 3. The summed E-state index contributed by atoms with van der Waals surface area (Å²) in [5, 5.41) is 3.48. The van der Waals surface area contributed by atoms with Crippen molar-refractivity contribution in [2.75, 3.05) is 38.7 Å². The third-order valence-corrected chi connectivity index (χ3v) is 6.27. The van der Waals surface area contributed by atoms with Crippen LogP contribution < -0.4 is 10.2 Å². The molecule has 9 nitrogen and oxygen atoms in total. The van der Waals surface area contributed by atoms with Crippen molar-refractivity contribution in [3.8, 4) is 0 Å². The van der Waals surface area contributed by atoms with Gasteiger partial charge in [0.15, 0.2) is 0 Å². The summed E-state index contributed by atoms with van der Waals surface area (Å²) in [6.45, 7) is 5.41. The predicted octanol–water partition coefficient (Wildman–Crippen LogP) is 0.464. The van der Waals surface area contributed by atoms with Crippen LogP contribution in [0, 0.1) is 13.8 Å². The van der Waals surface area contributed by atoms with Crippen LogP contribution in [0.5, 0.6) is 0 Å². The number of amides is 3. The minimum atomic E-state index is -0.614. The van der Waals surface area contributed by atoms with Crippen molar-refractivity contribution in [2.45, 2.75) is 38.8 Å². The van der Waals surface area contributed by atoms with Crippen LogP contribution >= 0.6 is 0 Å². The van der Waals surface area contributed by atoms with Crippen LogP contribution in [0.15, 0.2) is 18.2 Å². The zero-order chi connectivity index (χ0) is 20.9. The molecule has 3 fully saturated rings. The minimum absolute atomic E-state index is 0.198. The molecule has 3 aliphatic heterocycles. The second-order valence-corrected chi connectivity index (χ2v) is 7.83. The topological polar surface area (TPSA) is 85.4 Å². The number of carbonyl (C=O) groups is 3. The van der Waals surface area contributed by atoms with E-state index in [1.54, 1.807) is 7.05 Å². The number of likely N-dealkylation sites (N-methyl/N-ethyl adjacent to an activating group) is 1. The quantitative estimate of drug-likeness (QED) is 0.737. The highest BCUT2D eigenvalue weighted by molar-refractivity contribution is 6.02. The minimum Gasteiger partial charge on any atom is -0.468 e. The summed E-state index contributed by atoms with van der Waals surface area (Å²) in [6, 6.07) is 5.18. The lowest BCUT2D eigenvalue weighted by atomic mass is 10.1. The normalized spacial score (nSPS) is 27.2. The maximum Gasteiger partial charge on any atom is 0.328 e. The Labute approximate surface area is 170 Å². The molecule has 3 saturated heterocycles. The van der Waals surface area contributed by atoms with Gasteiger partial charge in [0, 0.05) is 25.8 Å². The van der Waals surface area contributed by atoms with E-state index in [0.29, 0.717) is 0 Å². The molecule has 1 aromatic carbocycles. The van der Waals surface area contributed by atoms with Crippen molar-refractivity contribution in [1.29, 1.82) is 0 Å². The molecule has 4 rings (SSSR count). The number of esters is 1. The number of imide groups is 1. The van der Waals surface area contributed by atoms with Gasteiger partial charge in [-0.05, 0) is 37.5 Å². The van der Waals surface area contributed by atoms with Crippen molar-refractivity contribution in [3.63, 3.8) is 0 Å². The number of ether oxygens (including phenoxy) is 1. The van der Waals surface area contributed by atoms with Crippen LogP contribution in [0.2, 0.25) is 0 Å². The number of nitrogens with one attached hydrogen (secondary N) is 1. The Morgan fingerprint density at radius 2 is 2.00 bits per heavy atom. The number of anilines is 1. The maximum absolute atomic E-state index is 13.2. The van der Waals surface area contributed by atoms with Gasteiger partial charge in [0.1, 0.15) is 25.0 Å². The molecule has 156 valence electrons. The highest BCUT2D eigenvalue weighted by Crippen LogP contribution is 2.34. The summed E-state index contributed by atoms with van der Waals surface area (Å²) < 4.78 is 4.66. The average Bonchev–Trinajstić information content (AvgIpc) is 3.11. The Bertz CT molecular complexity index is 859. The summed E-state index contributed by atoms with van der Waals surface area (Å²) in [7, 11) is 2.90. The number of methoxy groups -OCH3 is 1. The van der Waals surface area contributed by atoms with E-state index in [4.69, 9.17) is 0 Å². The Morgan fingerprint density at radius 1 is 1.24 bits per heavy atom. The van der Waals surface area contributed by atoms with Crippen molar-refractivity contribution in [2.24, 2.45) is 0 Å². The summed E-state index contributed by atoms with van der Waals surface area (Å²) in [5.74, 6) is -0.974. The standard InChI is InChI=1S/C20H27N5O4/c1-12-7-5-8-14(13(12)2)23-9-6-10-24-16-17(21-19(23)24)22(3)20(28)25(18(16)27)11-15(26)29-4/h5,7-8,16-17,19,21H,6,9-11H2,1-4H3. The lowest BCUT2D eigenvalue weighted by Gasteiger charge is -2.44. The summed E-state index contributed by atoms with van der Waals surface area (Å²) in [6.07, 6.45) is 0.257. The Hall–Kier alpha value is -2.65. The lowest BCUT2D eigenvalue weighted by Crippen LogP contribution is -2.67. The van der Waals surface area contributed by atoms with Gasteiger partial charge in [0.2, 0.25) is 0 Å². The van der Waals surface area contributed by atoms with Crippen LogP contribution in [0.4, 0.5) is 10.5 Å². The monoisotopic (exact) mass is 401 g/mol. The molecule has 3 atom stereocenters. The van der Waals surface area contributed by atoms with Gasteiger partial charge in [0.25, 0.3) is 5.91 Å². The summed E-state index contributed by atoms with van der Waals surface area (Å²) >= 11 is 0. The van der Waals surface area contributed by atoms with Crippen molar-refractivity contribution in [3.05, 3.63) is 29.3 Å². The van der Waals surface area contributed by atoms with E-state index in [1.165, 1.54) is 23.1 Å². The molecule has 0 aromatic heterocycles. The van der Waals surface area contributed by atoms with Gasteiger partial charge in [-0.2, -0.15) is 0 Å². The lowest BCUT2D eigenvalue weighted by molar-refractivity contribution is -0.149. The maximum atomic E-state index is 13.2. The number of hydrogen-bond acceptors (Lipinski definition) is 7. The van der Waals surface area contributed by atoms with Gasteiger partial charge < -0.3 is 14.5 Å². The van der Waals surface area contributed by atoms with E-state index >= 15 is 0 Å². The molecule has 3 heterocycles. The molecule has 3 unspecified atom stereocenters. The van der Waals surface area contributed by atoms with Gasteiger partial charge >= 0.3 is 12.0 Å². The third-order valence-electron chi connectivity index (χ3n) is 6.27. The fourth-order valence-corrected chi connectivity index (χ4v) is 4.55. The van der Waals surface area contributed by atoms with Crippen molar-refractivity contribution < 1.29 is 19.1 Å². The van der Waals surface area contributed by atoms with Crippen LogP contribution in [0.3, 0.4) is 0 Å². The zero-order valence-electron chi connectivity index (χ0n) is 17.2. The molecule has 29 heavy (non-hydrogen) atoms. The van der Waals surface area contributed by atoms with Gasteiger partial charge in [-0.15, -0.1) is 0 Å². The van der Waals surface area contributed by atoms with Gasteiger partial charge in [0.05, 0.1) is 7.11 Å². The first-order valence-electron chi connectivity index (χ1n) is 9.84. The first kappa shape index (κ1) is 19.7. The molecular weight excluding hydrogens is 374 g/mol. The smallest absolute Gasteiger partial charge is 0.328 e. The number of aryl methyl sites for hydroxylation is 1. The van der Waals surface area contributed by atoms with Crippen LogP contribution in [0.25, 0.3) is 0 Å². The SMILES string of the molecule is COC(=O)CN1C(=O)C2C(NC3N(c4cccc(C)c4C)CCCN23)N(C)C1=O. The largest absolute Gasteiger partial charge is 0.468 e. The summed E-state index contributed by atoms with van der Waals surface area (Å²) in [4.78, 5) is 44.5. The van der Waals surface area contributed by atoms with Crippen LogP contribution in [-0.4, -0.2) is 84.9 Å². The van der Waals surface area contributed by atoms with Gasteiger partial charge in [-0.1, -0.05) is 12.1 Å². The first-order chi connectivity index (χ1) is 13.8. The zero-order valence-corrected chi connectivity index (χ0v) is 17.2. The number of urea groups is 1. The van der Waals surface area contributed by atoms with Crippen LogP contribution in [-0.2, 0) is 14.3 Å². The summed E-state index contributed by atoms with van der Waals surface area (Å²) in [5.41, 5.74) is 3.54. The van der Waals surface area contributed by atoms with Crippen LogP contribution in [0.1, 0.15) is 17.5 Å². The highest BCUT2D eigenvalue weighted by Gasteiger charge is 2.56. The fraction of sp³-hybridized carbons (Fsp3) is 0.550. The number of hydrogen-bond donors (Lipinski definition) is 1. The molecule has 1 N–H and O–H groups in total. The van der Waals surface area contributed by atoms with E-state index in [9.17, 15) is 14.4 Å². The highest BCUT2D eigenvalue weighted by atomic mass is 16.5. The molecule has 0 aliphatic carbocycles. The van der Waals surface area contributed by atoms with Gasteiger partial charge in [-0.25, -0.2) is 4.79 Å². The molecule has 0 bridgehead atoms. The Morgan fingerprint density at radius 3 is 2.72 bits per heavy atom. The molecule has 0 radical (unpaired) electrons. The number of nitrogens with zero attached hydrogens (tertiary/aromatic N) is 4. The van der Waals surface area contributed by atoms with Gasteiger partial charge in [-0.3, -0.25) is 24.7 Å². The Balaban J connectivity index is 1.66. The molecule has 3 aliphatic rings. The number of benzene rings is 1. The van der Waals surface area contributed by atoms with Crippen molar-refractivity contribution in [1.82, 2.24) is 20.0 Å². The molecule has 0 saturated carbocycles. The van der Waals surface area contributed by atoms with E-state index in [0.717, 1.165) is 30.1 Å². The third kappa shape index (κ3) is 3.05. The first-order valence-corrected chi connectivity index (χ1v) is 9.84. The second-order valence-electron chi connectivity index (χ2n) is 7.83. The molecule has 3 amide bonds. The Kier molecular flexibility index (Phi) is 4.95. The average molecular weight is 401 g/mol. The van der Waals surface area contributed by atoms with E-state index in [2.05, 4.69) is 45.8 Å². The number of fused-ring (bicyclic) bond motifs is 3. The van der Waals surface area contributed by atoms with E-state index in [1.807, 2.05) is 6.07 Å². The predicted molar refractivity (Wildman–Crippen MR) is 106 cm³/mol. The second kappa shape index (κ2) is 7.31. The molecular formula is C20H27N5O4. The molecule has 0 spiro atoms. The van der Waals surface area contributed by atoms with E-state index < -0.39 is 24.2 Å². The molecule has 9 heteroatoms. The van der Waals surface area contributed by atoms with E-state index in [-0.39, 0.29) is 18.7 Å². The number of rotatable bonds is 3. The fourth-order valence-electron chi connectivity index (χ4n) is 4.55. The van der Waals surface area contributed by atoms with Crippen molar-refractivity contribution >= 4 is 23.6 Å².